The summed E-state index contributed by atoms with van der Waals surface area (Å²) in [6.45, 7) is 0.197. The largest absolute Gasteiger partial charge is 0.497 e. The zero-order valence-corrected chi connectivity index (χ0v) is 18.2. The van der Waals surface area contributed by atoms with E-state index in [9.17, 15) is 4.79 Å². The number of pyridine rings is 1. The van der Waals surface area contributed by atoms with Gasteiger partial charge in [0.2, 0.25) is 12.7 Å². The van der Waals surface area contributed by atoms with Crippen LogP contribution in [-0.2, 0) is 7.05 Å². The maximum absolute atomic E-state index is 13.0. The predicted molar refractivity (Wildman–Crippen MR) is 121 cm³/mol. The van der Waals surface area contributed by atoms with Crippen LogP contribution in [0.4, 0.5) is 5.69 Å². The van der Waals surface area contributed by atoms with Gasteiger partial charge >= 0.3 is 0 Å². The van der Waals surface area contributed by atoms with Crippen molar-refractivity contribution in [1.82, 2.24) is 9.55 Å². The number of aromatic nitrogens is 2. The van der Waals surface area contributed by atoms with Crippen LogP contribution in [0.5, 0.6) is 34.6 Å². The van der Waals surface area contributed by atoms with Crippen LogP contribution in [0.25, 0.3) is 10.9 Å². The monoisotopic (exact) mass is 447 g/mol. The number of carbonyl (C=O) groups excluding carboxylic acids is 1. The second-order valence-corrected chi connectivity index (χ2v) is 7.31. The Balaban J connectivity index is 1.33. The van der Waals surface area contributed by atoms with Crippen LogP contribution in [0.1, 0.15) is 10.5 Å². The van der Waals surface area contributed by atoms with Crippen molar-refractivity contribution in [3.05, 3.63) is 60.4 Å². The van der Waals surface area contributed by atoms with Crippen LogP contribution in [-0.4, -0.2) is 36.5 Å². The summed E-state index contributed by atoms with van der Waals surface area (Å²) in [6.07, 6.45) is 1.53. The molecule has 1 aliphatic rings. The standard InChI is InChI=1S/C24H21N3O6/c1-27-18-8-16(29-2)10-21(30-3)17(18)11-19(27)24(28)26-14-4-7-23(25-12-14)33-15-5-6-20-22(9-15)32-13-31-20/h4-12H,13H2,1-3H3,(H,26,28). The van der Waals surface area contributed by atoms with E-state index in [2.05, 4.69) is 10.3 Å². The molecule has 0 aliphatic carbocycles. The minimum Gasteiger partial charge on any atom is -0.497 e. The van der Waals surface area contributed by atoms with Gasteiger partial charge in [-0.2, -0.15) is 0 Å². The summed E-state index contributed by atoms with van der Waals surface area (Å²) in [6, 6.07) is 14.1. The highest BCUT2D eigenvalue weighted by atomic mass is 16.7. The lowest BCUT2D eigenvalue weighted by atomic mass is 10.2. The van der Waals surface area contributed by atoms with Crippen LogP contribution in [0, 0.1) is 0 Å². The molecule has 0 saturated carbocycles. The van der Waals surface area contributed by atoms with Crippen LogP contribution >= 0.6 is 0 Å². The van der Waals surface area contributed by atoms with Crippen LogP contribution in [0.3, 0.4) is 0 Å². The average molecular weight is 447 g/mol. The number of amides is 1. The number of nitrogens with zero attached hydrogens (tertiary/aromatic N) is 2. The quantitative estimate of drug-likeness (QED) is 0.469. The third-order valence-corrected chi connectivity index (χ3v) is 5.35. The zero-order chi connectivity index (χ0) is 22.9. The Morgan fingerprint density at radius 1 is 1.00 bits per heavy atom. The highest BCUT2D eigenvalue weighted by Crippen LogP contribution is 2.36. The molecule has 0 spiro atoms. The summed E-state index contributed by atoms with van der Waals surface area (Å²) in [7, 11) is 4.99. The van der Waals surface area contributed by atoms with Crippen molar-refractivity contribution < 1.29 is 28.5 Å². The molecule has 1 aliphatic heterocycles. The molecule has 5 rings (SSSR count). The topological polar surface area (TPSA) is 93.1 Å². The lowest BCUT2D eigenvalue weighted by Crippen LogP contribution is -2.15. The molecule has 2 aromatic carbocycles. The van der Waals surface area contributed by atoms with Gasteiger partial charge in [-0.3, -0.25) is 4.79 Å². The summed E-state index contributed by atoms with van der Waals surface area (Å²) in [5.74, 6) is 3.26. The number of carbonyl (C=O) groups is 1. The second kappa shape index (κ2) is 8.27. The third-order valence-electron chi connectivity index (χ3n) is 5.35. The number of aryl methyl sites for hydroxylation is 1. The molecule has 0 atom stereocenters. The Morgan fingerprint density at radius 2 is 1.85 bits per heavy atom. The third kappa shape index (κ3) is 3.84. The van der Waals surface area contributed by atoms with E-state index in [0.717, 1.165) is 10.9 Å². The lowest BCUT2D eigenvalue weighted by molar-refractivity contribution is 0.101. The molecular weight excluding hydrogens is 426 g/mol. The number of hydrogen-bond acceptors (Lipinski definition) is 7. The number of methoxy groups -OCH3 is 2. The number of nitrogens with one attached hydrogen (secondary N) is 1. The minimum absolute atomic E-state index is 0.197. The Morgan fingerprint density at radius 3 is 2.61 bits per heavy atom. The molecule has 2 aromatic heterocycles. The Labute approximate surface area is 189 Å². The fraction of sp³-hybridized carbons (Fsp3) is 0.167. The van der Waals surface area contributed by atoms with Gasteiger partial charge in [-0.15, -0.1) is 0 Å². The molecule has 168 valence electrons. The van der Waals surface area contributed by atoms with Crippen molar-refractivity contribution in [2.75, 3.05) is 26.3 Å². The predicted octanol–water partition coefficient (Wildman–Crippen LogP) is 4.36. The van der Waals surface area contributed by atoms with Crippen molar-refractivity contribution in [3.63, 3.8) is 0 Å². The Hall–Kier alpha value is -4.40. The SMILES string of the molecule is COc1cc(OC)c2cc(C(=O)Nc3ccc(Oc4ccc5c(c4)OCO5)nc3)n(C)c2c1. The van der Waals surface area contributed by atoms with Gasteiger partial charge in [-0.1, -0.05) is 0 Å². The zero-order valence-electron chi connectivity index (χ0n) is 18.2. The molecule has 0 radical (unpaired) electrons. The molecule has 0 fully saturated rings. The highest BCUT2D eigenvalue weighted by Gasteiger charge is 2.18. The smallest absolute Gasteiger partial charge is 0.272 e. The summed E-state index contributed by atoms with van der Waals surface area (Å²) >= 11 is 0. The van der Waals surface area contributed by atoms with E-state index in [4.69, 9.17) is 23.7 Å². The number of benzene rings is 2. The molecule has 4 aromatic rings. The van der Waals surface area contributed by atoms with Crippen molar-refractivity contribution in [3.8, 4) is 34.6 Å². The molecule has 3 heterocycles. The number of anilines is 1. The molecule has 9 heteroatoms. The number of rotatable bonds is 6. The van der Waals surface area contributed by atoms with Gasteiger partial charge in [-0.25, -0.2) is 4.98 Å². The second-order valence-electron chi connectivity index (χ2n) is 7.31. The lowest BCUT2D eigenvalue weighted by Gasteiger charge is -2.09. The molecule has 0 unspecified atom stereocenters. The van der Waals surface area contributed by atoms with Crippen molar-refractivity contribution in [2.24, 2.45) is 7.05 Å². The summed E-state index contributed by atoms with van der Waals surface area (Å²) in [5.41, 5.74) is 1.83. The van der Waals surface area contributed by atoms with Crippen molar-refractivity contribution >= 4 is 22.5 Å². The highest BCUT2D eigenvalue weighted by molar-refractivity contribution is 6.07. The van der Waals surface area contributed by atoms with Gasteiger partial charge in [-0.05, 0) is 24.3 Å². The van der Waals surface area contributed by atoms with E-state index >= 15 is 0 Å². The van der Waals surface area contributed by atoms with Crippen LogP contribution in [0.2, 0.25) is 0 Å². The first-order valence-corrected chi connectivity index (χ1v) is 10.1. The molecule has 9 nitrogen and oxygen atoms in total. The van der Waals surface area contributed by atoms with Gasteiger partial charge in [0.05, 0.1) is 31.6 Å². The summed E-state index contributed by atoms with van der Waals surface area (Å²) in [4.78, 5) is 17.2. The van der Waals surface area contributed by atoms with E-state index in [0.29, 0.717) is 46.0 Å². The average Bonchev–Trinajstić information content (AvgIpc) is 3.43. The maximum Gasteiger partial charge on any atom is 0.272 e. The Bertz CT molecular complexity index is 1350. The van der Waals surface area contributed by atoms with Crippen LogP contribution < -0.4 is 29.0 Å². The van der Waals surface area contributed by atoms with E-state index in [1.807, 2.05) is 13.1 Å². The van der Waals surface area contributed by atoms with Gasteiger partial charge in [0.1, 0.15) is 22.9 Å². The number of ether oxygens (including phenoxy) is 5. The Kier molecular flexibility index (Phi) is 5.14. The number of fused-ring (bicyclic) bond motifs is 2. The normalized spacial score (nSPS) is 12.0. The van der Waals surface area contributed by atoms with E-state index in [1.54, 1.807) is 61.3 Å². The van der Waals surface area contributed by atoms with E-state index < -0.39 is 0 Å². The van der Waals surface area contributed by atoms with Gasteiger partial charge in [0.25, 0.3) is 5.91 Å². The van der Waals surface area contributed by atoms with Crippen LogP contribution in [0.15, 0.2) is 54.7 Å². The first-order chi connectivity index (χ1) is 16.1. The van der Waals surface area contributed by atoms with Gasteiger partial charge in [0.15, 0.2) is 11.5 Å². The maximum atomic E-state index is 13.0. The molecule has 1 N–H and O–H groups in total. The molecular formula is C24H21N3O6. The van der Waals surface area contributed by atoms with Gasteiger partial charge in [0, 0.05) is 36.7 Å². The minimum atomic E-state index is -0.277. The fourth-order valence-corrected chi connectivity index (χ4v) is 3.65. The summed E-state index contributed by atoms with van der Waals surface area (Å²) < 4.78 is 29.0. The van der Waals surface area contributed by atoms with Crippen molar-refractivity contribution in [1.29, 1.82) is 0 Å². The van der Waals surface area contributed by atoms with Gasteiger partial charge < -0.3 is 33.6 Å². The first kappa shape index (κ1) is 20.5. The molecule has 1 amide bonds. The molecule has 33 heavy (non-hydrogen) atoms. The molecule has 0 saturated heterocycles. The molecule has 0 bridgehead atoms. The summed E-state index contributed by atoms with van der Waals surface area (Å²) in [5, 5.41) is 3.68. The van der Waals surface area contributed by atoms with E-state index in [-0.39, 0.29) is 12.7 Å². The fourth-order valence-electron chi connectivity index (χ4n) is 3.65. The van der Waals surface area contributed by atoms with E-state index in [1.165, 1.54) is 6.20 Å². The van der Waals surface area contributed by atoms with Crippen molar-refractivity contribution in [2.45, 2.75) is 0 Å². The first-order valence-electron chi connectivity index (χ1n) is 10.1. The number of hydrogen-bond donors (Lipinski definition) is 1.